The molecule has 1 aromatic heterocycles. The molecule has 35 heavy (non-hydrogen) atoms. The second kappa shape index (κ2) is 11.0. The van der Waals surface area contributed by atoms with Crippen molar-refractivity contribution in [3.05, 3.63) is 90.1 Å². The van der Waals surface area contributed by atoms with Crippen molar-refractivity contribution in [2.45, 2.75) is 19.8 Å². The molecule has 0 aliphatic rings. The van der Waals surface area contributed by atoms with Crippen LogP contribution in [0.3, 0.4) is 0 Å². The second-order valence-corrected chi connectivity index (χ2v) is 8.00. The first kappa shape index (κ1) is 23.6. The Morgan fingerprint density at radius 2 is 1.83 bits per heavy atom. The maximum atomic E-state index is 13.4. The molecule has 0 fully saturated rings. The number of aromatic nitrogens is 2. The Hall–Kier alpha value is -4.57. The first-order valence-corrected chi connectivity index (χ1v) is 11.3. The van der Waals surface area contributed by atoms with E-state index in [4.69, 9.17) is 19.8 Å². The molecular formula is C28H26N4O3. The topological polar surface area (TPSA) is 89.2 Å². The minimum atomic E-state index is -0.289. The largest absolute Gasteiger partial charge is 0.497 e. The van der Waals surface area contributed by atoms with Gasteiger partial charge in [0.2, 0.25) is 0 Å². The quantitative estimate of drug-likeness (QED) is 0.315. The van der Waals surface area contributed by atoms with E-state index in [1.807, 2.05) is 67.6 Å². The van der Waals surface area contributed by atoms with Gasteiger partial charge in [-0.3, -0.25) is 4.79 Å². The van der Waals surface area contributed by atoms with Crippen LogP contribution < -0.4 is 14.8 Å². The molecule has 0 unspecified atom stereocenters. The Bertz CT molecular complexity index is 1350. The molecule has 7 nitrogen and oxygen atoms in total. The third kappa shape index (κ3) is 5.87. The van der Waals surface area contributed by atoms with Crippen molar-refractivity contribution >= 4 is 11.6 Å². The minimum Gasteiger partial charge on any atom is -0.497 e. The number of ether oxygens (including phenoxy) is 2. The van der Waals surface area contributed by atoms with Gasteiger partial charge >= 0.3 is 0 Å². The fourth-order valence-corrected chi connectivity index (χ4v) is 3.56. The number of anilines is 1. The summed E-state index contributed by atoms with van der Waals surface area (Å²) in [6.07, 6.45) is 2.82. The third-order valence-electron chi connectivity index (χ3n) is 5.39. The predicted octanol–water partition coefficient (Wildman–Crippen LogP) is 5.79. The van der Waals surface area contributed by atoms with E-state index in [0.29, 0.717) is 47.9 Å². The van der Waals surface area contributed by atoms with Gasteiger partial charge in [-0.25, -0.2) is 4.68 Å². The molecule has 7 heteroatoms. The average molecular weight is 467 g/mol. The minimum absolute atomic E-state index is 0.289. The molecule has 0 saturated heterocycles. The summed E-state index contributed by atoms with van der Waals surface area (Å²) < 4.78 is 12.8. The number of amides is 1. The first-order valence-electron chi connectivity index (χ1n) is 11.3. The number of carbonyl (C=O) groups excluding carboxylic acids is 1. The molecule has 0 radical (unpaired) electrons. The third-order valence-corrected chi connectivity index (χ3v) is 5.39. The van der Waals surface area contributed by atoms with Crippen molar-refractivity contribution in [2.75, 3.05) is 19.0 Å². The number of carbonyl (C=O) groups is 1. The molecule has 176 valence electrons. The van der Waals surface area contributed by atoms with Crippen LogP contribution in [0.25, 0.3) is 16.9 Å². The number of aryl methyl sites for hydroxylation is 1. The smallest absolute Gasteiger partial charge is 0.259 e. The van der Waals surface area contributed by atoms with Crippen LogP contribution in [0, 0.1) is 18.3 Å². The lowest BCUT2D eigenvalue weighted by atomic mass is 10.1. The molecule has 0 aliphatic carbocycles. The van der Waals surface area contributed by atoms with Gasteiger partial charge in [-0.1, -0.05) is 35.9 Å². The van der Waals surface area contributed by atoms with E-state index in [1.165, 1.54) is 0 Å². The molecule has 4 aromatic rings. The molecule has 0 spiro atoms. The van der Waals surface area contributed by atoms with Gasteiger partial charge in [0.15, 0.2) is 0 Å². The lowest BCUT2D eigenvalue weighted by molar-refractivity contribution is 0.102. The molecule has 0 atom stereocenters. The zero-order chi connectivity index (χ0) is 24.6. The normalized spacial score (nSPS) is 10.4. The summed E-state index contributed by atoms with van der Waals surface area (Å²) in [4.78, 5) is 13.4. The molecule has 1 amide bonds. The van der Waals surface area contributed by atoms with Crippen LogP contribution in [0.4, 0.5) is 5.69 Å². The molecular weight excluding hydrogens is 440 g/mol. The highest BCUT2D eigenvalue weighted by molar-refractivity contribution is 6.08. The number of nitriles is 1. The number of hydrogen-bond donors (Lipinski definition) is 1. The zero-order valence-electron chi connectivity index (χ0n) is 19.7. The van der Waals surface area contributed by atoms with Crippen LogP contribution in [-0.2, 0) is 0 Å². The fraction of sp³-hybridized carbons (Fsp3) is 0.179. The highest BCUT2D eigenvalue weighted by Crippen LogP contribution is 2.28. The van der Waals surface area contributed by atoms with E-state index in [9.17, 15) is 4.79 Å². The summed E-state index contributed by atoms with van der Waals surface area (Å²) in [7, 11) is 1.60. The van der Waals surface area contributed by atoms with E-state index >= 15 is 0 Å². The number of nitrogens with zero attached hydrogens (tertiary/aromatic N) is 3. The zero-order valence-corrected chi connectivity index (χ0v) is 19.7. The Kier molecular flexibility index (Phi) is 7.44. The highest BCUT2D eigenvalue weighted by Gasteiger charge is 2.19. The Balaban J connectivity index is 1.64. The summed E-state index contributed by atoms with van der Waals surface area (Å²) in [5.41, 5.74) is 4.35. The molecule has 0 saturated carbocycles. The molecule has 1 heterocycles. The van der Waals surface area contributed by atoms with Crippen LogP contribution in [0.2, 0.25) is 0 Å². The molecule has 0 aliphatic heterocycles. The number of hydrogen-bond acceptors (Lipinski definition) is 5. The van der Waals surface area contributed by atoms with Crippen LogP contribution in [-0.4, -0.2) is 29.4 Å². The van der Waals surface area contributed by atoms with E-state index in [-0.39, 0.29) is 5.91 Å². The summed E-state index contributed by atoms with van der Waals surface area (Å²) in [5.74, 6) is 1.02. The molecule has 3 aromatic carbocycles. The maximum absolute atomic E-state index is 13.4. The van der Waals surface area contributed by atoms with E-state index in [1.54, 1.807) is 30.1 Å². The number of unbranched alkanes of at least 4 members (excludes halogenated alkanes) is 1. The van der Waals surface area contributed by atoms with Crippen LogP contribution >= 0.6 is 0 Å². The number of rotatable bonds is 9. The lowest BCUT2D eigenvalue weighted by Gasteiger charge is -2.09. The standard InChI is InChI=1S/C28H26N4O3/c1-20-11-13-23(14-12-20)32-19-26(27(31-32)21-7-5-9-24(17-21)34-2)28(33)30-22-8-6-10-25(18-22)35-16-4-3-15-29/h5-14,17-19H,3-4,16H2,1-2H3,(H,30,33). The Morgan fingerprint density at radius 1 is 1.06 bits per heavy atom. The summed E-state index contributed by atoms with van der Waals surface area (Å²) in [5, 5.41) is 16.4. The monoisotopic (exact) mass is 466 g/mol. The highest BCUT2D eigenvalue weighted by atomic mass is 16.5. The SMILES string of the molecule is COc1cccc(-c2nn(-c3ccc(C)cc3)cc2C(=O)Nc2cccc(OCCCC#N)c2)c1. The van der Waals surface area contributed by atoms with Gasteiger partial charge in [0.25, 0.3) is 5.91 Å². The molecule has 0 bridgehead atoms. The molecule has 1 N–H and O–H groups in total. The maximum Gasteiger partial charge on any atom is 0.259 e. The van der Waals surface area contributed by atoms with Gasteiger partial charge in [0.1, 0.15) is 17.2 Å². The Labute approximate surface area is 204 Å². The van der Waals surface area contributed by atoms with Crippen LogP contribution in [0.15, 0.2) is 79.0 Å². The van der Waals surface area contributed by atoms with Gasteiger partial charge in [-0.05, 0) is 49.7 Å². The fourth-order valence-electron chi connectivity index (χ4n) is 3.56. The van der Waals surface area contributed by atoms with Crippen LogP contribution in [0.1, 0.15) is 28.8 Å². The number of methoxy groups -OCH3 is 1. The van der Waals surface area contributed by atoms with Gasteiger partial charge in [-0.15, -0.1) is 0 Å². The van der Waals surface area contributed by atoms with Gasteiger partial charge in [-0.2, -0.15) is 10.4 Å². The molecule has 4 rings (SSSR count). The van der Waals surface area contributed by atoms with Crippen molar-refractivity contribution < 1.29 is 14.3 Å². The Morgan fingerprint density at radius 3 is 2.60 bits per heavy atom. The second-order valence-electron chi connectivity index (χ2n) is 8.00. The number of benzene rings is 3. The van der Waals surface area contributed by atoms with E-state index in [2.05, 4.69) is 11.4 Å². The van der Waals surface area contributed by atoms with Crippen LogP contribution in [0.5, 0.6) is 11.5 Å². The van der Waals surface area contributed by atoms with Gasteiger partial charge in [0.05, 0.1) is 31.0 Å². The summed E-state index contributed by atoms with van der Waals surface area (Å²) in [6.45, 7) is 2.46. The van der Waals surface area contributed by atoms with Crippen molar-refractivity contribution in [1.82, 2.24) is 9.78 Å². The van der Waals surface area contributed by atoms with Crippen molar-refractivity contribution in [3.63, 3.8) is 0 Å². The lowest BCUT2D eigenvalue weighted by Crippen LogP contribution is -2.12. The van der Waals surface area contributed by atoms with Gasteiger partial charge in [0, 0.05) is 29.9 Å². The summed E-state index contributed by atoms with van der Waals surface area (Å²) in [6, 6.07) is 24.7. The van der Waals surface area contributed by atoms with E-state index < -0.39 is 0 Å². The number of nitrogens with one attached hydrogen (secondary N) is 1. The van der Waals surface area contributed by atoms with E-state index in [0.717, 1.165) is 16.8 Å². The predicted molar refractivity (Wildman–Crippen MR) is 135 cm³/mol. The summed E-state index contributed by atoms with van der Waals surface area (Å²) >= 11 is 0. The van der Waals surface area contributed by atoms with Crippen molar-refractivity contribution in [2.24, 2.45) is 0 Å². The average Bonchev–Trinajstić information content (AvgIpc) is 3.33. The first-order chi connectivity index (χ1) is 17.1. The van der Waals surface area contributed by atoms with Crippen molar-refractivity contribution in [1.29, 1.82) is 5.26 Å². The van der Waals surface area contributed by atoms with Crippen molar-refractivity contribution in [3.8, 4) is 34.5 Å². The van der Waals surface area contributed by atoms with Gasteiger partial charge < -0.3 is 14.8 Å².